The molecule has 1 atom stereocenters. The Morgan fingerprint density at radius 3 is 2.83 bits per heavy atom. The second kappa shape index (κ2) is 5.10. The molecule has 0 bridgehead atoms. The van der Waals surface area contributed by atoms with Crippen molar-refractivity contribution in [2.24, 2.45) is 5.92 Å². The summed E-state index contributed by atoms with van der Waals surface area (Å²) >= 11 is 6.12. The van der Waals surface area contributed by atoms with Gasteiger partial charge in [-0.05, 0) is 51.3 Å². The third-order valence-corrected chi connectivity index (χ3v) is 4.55. The predicted octanol–water partition coefficient (Wildman–Crippen LogP) is 3.64. The molecule has 1 aliphatic rings. The van der Waals surface area contributed by atoms with Crippen LogP contribution < -0.4 is 4.90 Å². The SMILES string of the molecule is Cc1ccc(Cl)cc1N1CCCC(CO)C1(C)C. The molecule has 0 amide bonds. The third kappa shape index (κ3) is 2.36. The molecule has 0 spiro atoms. The highest BCUT2D eigenvalue weighted by molar-refractivity contribution is 6.30. The van der Waals surface area contributed by atoms with E-state index in [1.54, 1.807) is 0 Å². The quantitative estimate of drug-likeness (QED) is 0.884. The summed E-state index contributed by atoms with van der Waals surface area (Å²) in [6.07, 6.45) is 2.22. The van der Waals surface area contributed by atoms with Gasteiger partial charge in [-0.15, -0.1) is 0 Å². The lowest BCUT2D eigenvalue weighted by atomic mass is 9.79. The molecule has 100 valence electrons. The zero-order valence-electron chi connectivity index (χ0n) is 11.4. The van der Waals surface area contributed by atoms with Crippen LogP contribution in [0.25, 0.3) is 0 Å². The number of hydrogen-bond acceptors (Lipinski definition) is 2. The van der Waals surface area contributed by atoms with Gasteiger partial charge in [-0.1, -0.05) is 17.7 Å². The highest BCUT2D eigenvalue weighted by Gasteiger charge is 2.38. The van der Waals surface area contributed by atoms with Crippen molar-refractivity contribution in [2.75, 3.05) is 18.1 Å². The molecule has 18 heavy (non-hydrogen) atoms. The maximum atomic E-state index is 9.56. The van der Waals surface area contributed by atoms with Crippen molar-refractivity contribution in [3.63, 3.8) is 0 Å². The fourth-order valence-corrected chi connectivity index (χ4v) is 3.14. The van der Waals surface area contributed by atoms with Crippen molar-refractivity contribution >= 4 is 17.3 Å². The Morgan fingerprint density at radius 2 is 2.17 bits per heavy atom. The summed E-state index contributed by atoms with van der Waals surface area (Å²) in [5.74, 6) is 0.324. The molecule has 1 aromatic rings. The van der Waals surface area contributed by atoms with E-state index in [1.807, 2.05) is 12.1 Å². The van der Waals surface area contributed by atoms with E-state index < -0.39 is 0 Å². The Labute approximate surface area is 115 Å². The van der Waals surface area contributed by atoms with Crippen molar-refractivity contribution in [3.05, 3.63) is 28.8 Å². The van der Waals surface area contributed by atoms with E-state index in [0.29, 0.717) is 5.92 Å². The number of aliphatic hydroxyl groups is 1. The number of halogens is 1. The second-order valence-corrected chi connectivity index (χ2v) is 6.19. The highest BCUT2D eigenvalue weighted by atomic mass is 35.5. The maximum absolute atomic E-state index is 9.56. The first-order valence-corrected chi connectivity index (χ1v) is 6.99. The number of hydrogen-bond donors (Lipinski definition) is 1. The normalized spacial score (nSPS) is 23.2. The molecule has 1 saturated heterocycles. The van der Waals surface area contributed by atoms with Crippen LogP contribution in [0.2, 0.25) is 5.02 Å². The summed E-state index contributed by atoms with van der Waals surface area (Å²) in [5.41, 5.74) is 2.42. The van der Waals surface area contributed by atoms with Gasteiger partial charge >= 0.3 is 0 Å². The van der Waals surface area contributed by atoms with Crippen LogP contribution in [0, 0.1) is 12.8 Å². The Hall–Kier alpha value is -0.730. The van der Waals surface area contributed by atoms with Crippen LogP contribution >= 0.6 is 11.6 Å². The molecule has 2 nitrogen and oxygen atoms in total. The molecule has 2 rings (SSSR count). The van der Waals surface area contributed by atoms with Gasteiger partial charge in [0.15, 0.2) is 0 Å². The van der Waals surface area contributed by atoms with E-state index in [2.05, 4.69) is 31.7 Å². The van der Waals surface area contributed by atoms with Crippen LogP contribution in [0.1, 0.15) is 32.3 Å². The second-order valence-electron chi connectivity index (χ2n) is 5.76. The highest BCUT2D eigenvalue weighted by Crippen LogP contribution is 2.38. The fourth-order valence-electron chi connectivity index (χ4n) is 2.98. The van der Waals surface area contributed by atoms with Crippen LogP contribution in [-0.2, 0) is 0 Å². The summed E-state index contributed by atoms with van der Waals surface area (Å²) in [6, 6.07) is 6.04. The molecular formula is C15H22ClNO. The minimum atomic E-state index is -0.0254. The van der Waals surface area contributed by atoms with Gasteiger partial charge in [0.05, 0.1) is 0 Å². The molecule has 1 unspecified atom stereocenters. The first-order chi connectivity index (χ1) is 8.46. The van der Waals surface area contributed by atoms with Gasteiger partial charge in [0.25, 0.3) is 0 Å². The third-order valence-electron chi connectivity index (χ3n) is 4.31. The number of benzene rings is 1. The lowest BCUT2D eigenvalue weighted by Crippen LogP contribution is -2.54. The molecular weight excluding hydrogens is 246 g/mol. The Balaban J connectivity index is 2.39. The minimum absolute atomic E-state index is 0.0254. The number of aryl methyl sites for hydroxylation is 1. The summed E-state index contributed by atoms with van der Waals surface area (Å²) in [4.78, 5) is 2.40. The molecule has 1 heterocycles. The number of aliphatic hydroxyl groups excluding tert-OH is 1. The zero-order valence-corrected chi connectivity index (χ0v) is 12.2. The number of anilines is 1. The van der Waals surface area contributed by atoms with E-state index in [9.17, 15) is 5.11 Å². The van der Waals surface area contributed by atoms with E-state index >= 15 is 0 Å². The van der Waals surface area contributed by atoms with E-state index in [1.165, 1.54) is 11.3 Å². The molecule has 1 aliphatic heterocycles. The van der Waals surface area contributed by atoms with Crippen molar-refractivity contribution in [2.45, 2.75) is 39.2 Å². The topological polar surface area (TPSA) is 23.5 Å². The first kappa shape index (κ1) is 13.7. The van der Waals surface area contributed by atoms with Gasteiger partial charge in [0, 0.05) is 35.3 Å². The number of rotatable bonds is 2. The lowest BCUT2D eigenvalue weighted by molar-refractivity contribution is 0.135. The number of piperidine rings is 1. The van der Waals surface area contributed by atoms with Gasteiger partial charge < -0.3 is 10.0 Å². The number of nitrogens with zero attached hydrogens (tertiary/aromatic N) is 1. The minimum Gasteiger partial charge on any atom is -0.396 e. The molecule has 0 aliphatic carbocycles. The predicted molar refractivity (Wildman–Crippen MR) is 77.4 cm³/mol. The molecule has 0 radical (unpaired) electrons. The van der Waals surface area contributed by atoms with Gasteiger partial charge in [0.2, 0.25) is 0 Å². The molecule has 0 saturated carbocycles. The smallest absolute Gasteiger partial charge is 0.0481 e. The Kier molecular flexibility index (Phi) is 3.88. The molecule has 1 N–H and O–H groups in total. The van der Waals surface area contributed by atoms with E-state index in [-0.39, 0.29) is 12.1 Å². The zero-order chi connectivity index (χ0) is 13.3. The first-order valence-electron chi connectivity index (χ1n) is 6.61. The van der Waals surface area contributed by atoms with Crippen molar-refractivity contribution < 1.29 is 5.11 Å². The fraction of sp³-hybridized carbons (Fsp3) is 0.600. The van der Waals surface area contributed by atoms with Crippen LogP contribution in [0.5, 0.6) is 0 Å². The van der Waals surface area contributed by atoms with Crippen LogP contribution in [0.3, 0.4) is 0 Å². The summed E-state index contributed by atoms with van der Waals surface area (Å²) < 4.78 is 0. The average Bonchev–Trinajstić information content (AvgIpc) is 2.32. The monoisotopic (exact) mass is 267 g/mol. The maximum Gasteiger partial charge on any atom is 0.0481 e. The van der Waals surface area contributed by atoms with E-state index in [4.69, 9.17) is 11.6 Å². The molecule has 3 heteroatoms. The molecule has 0 aromatic heterocycles. The van der Waals surface area contributed by atoms with Crippen molar-refractivity contribution in [1.82, 2.24) is 0 Å². The van der Waals surface area contributed by atoms with Crippen LogP contribution in [-0.4, -0.2) is 23.8 Å². The summed E-state index contributed by atoms with van der Waals surface area (Å²) in [6.45, 7) is 7.83. The van der Waals surface area contributed by atoms with Gasteiger partial charge in [-0.25, -0.2) is 0 Å². The summed E-state index contributed by atoms with van der Waals surface area (Å²) in [7, 11) is 0. The molecule has 1 aromatic carbocycles. The van der Waals surface area contributed by atoms with Gasteiger partial charge in [0.1, 0.15) is 0 Å². The Morgan fingerprint density at radius 1 is 1.44 bits per heavy atom. The van der Waals surface area contributed by atoms with Crippen LogP contribution in [0.4, 0.5) is 5.69 Å². The van der Waals surface area contributed by atoms with Crippen molar-refractivity contribution in [1.29, 1.82) is 0 Å². The van der Waals surface area contributed by atoms with Gasteiger partial charge in [-0.3, -0.25) is 0 Å². The summed E-state index contributed by atoms with van der Waals surface area (Å²) in [5, 5.41) is 10.3. The average molecular weight is 268 g/mol. The lowest BCUT2D eigenvalue weighted by Gasteiger charge is -2.49. The van der Waals surface area contributed by atoms with Crippen molar-refractivity contribution in [3.8, 4) is 0 Å². The Bertz CT molecular complexity index is 431. The molecule has 1 fully saturated rings. The van der Waals surface area contributed by atoms with Crippen LogP contribution in [0.15, 0.2) is 18.2 Å². The van der Waals surface area contributed by atoms with E-state index in [0.717, 1.165) is 24.4 Å². The van der Waals surface area contributed by atoms with Gasteiger partial charge in [-0.2, -0.15) is 0 Å². The largest absolute Gasteiger partial charge is 0.396 e. The standard InChI is InChI=1S/C15H22ClNO/c1-11-6-7-13(16)9-14(11)17-8-4-5-12(10-18)15(17,2)3/h6-7,9,12,18H,4-5,8,10H2,1-3H3.